The van der Waals surface area contributed by atoms with Gasteiger partial charge < -0.3 is 10.1 Å². The molecule has 0 aliphatic heterocycles. The van der Waals surface area contributed by atoms with Gasteiger partial charge in [0, 0.05) is 29.2 Å². The maximum Gasteiger partial charge on any atom is 0.152 e. The second kappa shape index (κ2) is 7.37. The largest absolute Gasteiger partial charge is 0.489 e. The highest BCUT2D eigenvalue weighted by molar-refractivity contribution is 7.13. The molecular weight excluding hydrogens is 330 g/mol. The summed E-state index contributed by atoms with van der Waals surface area (Å²) in [4.78, 5) is 4.31. The monoisotopic (exact) mass is 349 g/mol. The maximum absolute atomic E-state index is 8.91. The van der Waals surface area contributed by atoms with E-state index in [1.807, 2.05) is 38.2 Å². The lowest BCUT2D eigenvalue weighted by atomic mass is 10.1. The molecule has 126 valence electrons. The van der Waals surface area contributed by atoms with Crippen LogP contribution >= 0.6 is 11.3 Å². The number of thiazole rings is 1. The van der Waals surface area contributed by atoms with E-state index in [2.05, 4.69) is 35.4 Å². The standard InChI is InChI=1S/C20H19N3OS/c1-13-5-4-6-18(22-3)17(13)11-24-19-8-7-15(9-14(19)2)20-23-16(10-21)12-25-20/h4-9,12,22H,11H2,1-3H3. The van der Waals surface area contributed by atoms with Gasteiger partial charge in [0.1, 0.15) is 23.4 Å². The Morgan fingerprint density at radius 1 is 1.20 bits per heavy atom. The molecule has 1 heterocycles. The molecule has 1 N–H and O–H groups in total. The van der Waals surface area contributed by atoms with Crippen LogP contribution in [0.2, 0.25) is 0 Å². The number of aromatic nitrogens is 1. The molecule has 0 radical (unpaired) electrons. The highest BCUT2D eigenvalue weighted by Crippen LogP contribution is 2.29. The van der Waals surface area contributed by atoms with E-state index in [1.165, 1.54) is 16.9 Å². The number of ether oxygens (including phenoxy) is 1. The summed E-state index contributed by atoms with van der Waals surface area (Å²) < 4.78 is 6.05. The number of hydrogen-bond acceptors (Lipinski definition) is 5. The Kier molecular flexibility index (Phi) is 5.01. The molecule has 3 rings (SSSR count). The summed E-state index contributed by atoms with van der Waals surface area (Å²) in [5, 5.41) is 14.7. The summed E-state index contributed by atoms with van der Waals surface area (Å²) in [7, 11) is 1.92. The van der Waals surface area contributed by atoms with E-state index in [0.29, 0.717) is 12.3 Å². The molecule has 0 unspecified atom stereocenters. The quantitative estimate of drug-likeness (QED) is 0.710. The fraction of sp³-hybridized carbons (Fsp3) is 0.200. The molecule has 0 fully saturated rings. The van der Waals surface area contributed by atoms with Gasteiger partial charge >= 0.3 is 0 Å². The van der Waals surface area contributed by atoms with Gasteiger partial charge in [0.15, 0.2) is 5.69 Å². The molecule has 0 amide bonds. The predicted molar refractivity (Wildman–Crippen MR) is 102 cm³/mol. The van der Waals surface area contributed by atoms with Crippen LogP contribution in [0.5, 0.6) is 5.75 Å². The zero-order valence-corrected chi connectivity index (χ0v) is 15.3. The summed E-state index contributed by atoms with van der Waals surface area (Å²) in [5.74, 6) is 0.853. The first-order valence-corrected chi connectivity index (χ1v) is 8.86. The zero-order valence-electron chi connectivity index (χ0n) is 14.5. The Balaban J connectivity index is 1.80. The number of anilines is 1. The van der Waals surface area contributed by atoms with Crippen molar-refractivity contribution in [2.75, 3.05) is 12.4 Å². The van der Waals surface area contributed by atoms with Crippen molar-refractivity contribution in [2.45, 2.75) is 20.5 Å². The van der Waals surface area contributed by atoms with E-state index in [-0.39, 0.29) is 0 Å². The summed E-state index contributed by atoms with van der Waals surface area (Å²) in [6.07, 6.45) is 0. The molecule has 0 aliphatic rings. The topological polar surface area (TPSA) is 57.9 Å². The van der Waals surface area contributed by atoms with Gasteiger partial charge in [-0.3, -0.25) is 0 Å². The van der Waals surface area contributed by atoms with Crippen LogP contribution in [0.1, 0.15) is 22.4 Å². The van der Waals surface area contributed by atoms with Crippen LogP contribution in [0.25, 0.3) is 10.6 Å². The first-order valence-electron chi connectivity index (χ1n) is 7.98. The van der Waals surface area contributed by atoms with Crippen molar-refractivity contribution in [1.82, 2.24) is 4.98 Å². The number of nitrogens with one attached hydrogen (secondary N) is 1. The lowest BCUT2D eigenvalue weighted by Gasteiger charge is -2.15. The third-order valence-corrected chi connectivity index (χ3v) is 4.98. The minimum atomic E-state index is 0.456. The van der Waals surface area contributed by atoms with Crippen molar-refractivity contribution in [1.29, 1.82) is 5.26 Å². The van der Waals surface area contributed by atoms with Gasteiger partial charge in [-0.1, -0.05) is 12.1 Å². The highest BCUT2D eigenvalue weighted by Gasteiger charge is 2.09. The van der Waals surface area contributed by atoms with Gasteiger partial charge in [-0.15, -0.1) is 11.3 Å². The molecule has 0 saturated carbocycles. The number of nitriles is 1. The van der Waals surface area contributed by atoms with Crippen molar-refractivity contribution >= 4 is 17.0 Å². The number of hydrogen-bond donors (Lipinski definition) is 1. The van der Waals surface area contributed by atoms with Crippen molar-refractivity contribution in [3.63, 3.8) is 0 Å². The van der Waals surface area contributed by atoms with E-state index in [9.17, 15) is 0 Å². The van der Waals surface area contributed by atoms with Gasteiger partial charge in [-0.2, -0.15) is 5.26 Å². The number of aryl methyl sites for hydroxylation is 2. The molecule has 4 nitrogen and oxygen atoms in total. The van der Waals surface area contributed by atoms with Crippen molar-refractivity contribution < 1.29 is 4.74 Å². The minimum absolute atomic E-state index is 0.456. The first kappa shape index (κ1) is 17.0. The molecule has 5 heteroatoms. The average molecular weight is 349 g/mol. The van der Waals surface area contributed by atoms with Crippen LogP contribution < -0.4 is 10.1 Å². The van der Waals surface area contributed by atoms with Crippen LogP contribution in [-0.2, 0) is 6.61 Å². The molecule has 25 heavy (non-hydrogen) atoms. The van der Waals surface area contributed by atoms with Crippen LogP contribution in [0, 0.1) is 25.2 Å². The van der Waals surface area contributed by atoms with E-state index in [4.69, 9.17) is 10.00 Å². The normalized spacial score (nSPS) is 10.3. The summed E-state index contributed by atoms with van der Waals surface area (Å²) in [6.45, 7) is 4.62. The average Bonchev–Trinajstić information content (AvgIpc) is 3.10. The predicted octanol–water partition coefficient (Wildman–Crippen LogP) is 4.92. The Bertz CT molecular complexity index is 940. The number of benzene rings is 2. The fourth-order valence-electron chi connectivity index (χ4n) is 2.68. The molecule has 3 aromatic rings. The van der Waals surface area contributed by atoms with E-state index >= 15 is 0 Å². The second-order valence-electron chi connectivity index (χ2n) is 5.77. The molecule has 0 spiro atoms. The summed E-state index contributed by atoms with van der Waals surface area (Å²) in [6, 6.07) is 14.2. The smallest absolute Gasteiger partial charge is 0.152 e. The lowest BCUT2D eigenvalue weighted by molar-refractivity contribution is 0.304. The van der Waals surface area contributed by atoms with Gasteiger partial charge in [-0.25, -0.2) is 4.98 Å². The number of rotatable bonds is 5. The fourth-order valence-corrected chi connectivity index (χ4v) is 3.42. The Morgan fingerprint density at radius 3 is 2.72 bits per heavy atom. The third kappa shape index (κ3) is 3.65. The third-order valence-electron chi connectivity index (χ3n) is 4.09. The van der Waals surface area contributed by atoms with E-state index in [0.717, 1.165) is 33.1 Å². The minimum Gasteiger partial charge on any atom is -0.489 e. The molecule has 0 aliphatic carbocycles. The van der Waals surface area contributed by atoms with E-state index in [1.54, 1.807) is 5.38 Å². The molecule has 0 bridgehead atoms. The lowest BCUT2D eigenvalue weighted by Crippen LogP contribution is -2.03. The molecule has 0 atom stereocenters. The van der Waals surface area contributed by atoms with Gasteiger partial charge in [0.25, 0.3) is 0 Å². The van der Waals surface area contributed by atoms with Crippen molar-refractivity contribution in [2.24, 2.45) is 0 Å². The van der Waals surface area contributed by atoms with E-state index < -0.39 is 0 Å². The molecular formula is C20H19N3OS. The SMILES string of the molecule is CNc1cccc(C)c1COc1ccc(-c2nc(C#N)cs2)cc1C. The molecule has 2 aromatic carbocycles. The van der Waals surface area contributed by atoms with Crippen LogP contribution in [-0.4, -0.2) is 12.0 Å². The van der Waals surface area contributed by atoms with Crippen molar-refractivity contribution in [3.05, 3.63) is 64.2 Å². The van der Waals surface area contributed by atoms with Crippen LogP contribution in [0.15, 0.2) is 41.8 Å². The van der Waals surface area contributed by atoms with Crippen molar-refractivity contribution in [3.8, 4) is 22.4 Å². The van der Waals surface area contributed by atoms with Crippen LogP contribution in [0.3, 0.4) is 0 Å². The summed E-state index contributed by atoms with van der Waals surface area (Å²) in [5.41, 5.74) is 5.95. The van der Waals surface area contributed by atoms with Gasteiger partial charge in [0.2, 0.25) is 0 Å². The maximum atomic E-state index is 8.91. The summed E-state index contributed by atoms with van der Waals surface area (Å²) >= 11 is 1.48. The first-order chi connectivity index (χ1) is 12.1. The second-order valence-corrected chi connectivity index (χ2v) is 6.63. The Labute approximate surface area is 151 Å². The zero-order chi connectivity index (χ0) is 17.8. The Morgan fingerprint density at radius 2 is 2.04 bits per heavy atom. The number of nitrogens with zero attached hydrogens (tertiary/aromatic N) is 2. The molecule has 1 aromatic heterocycles. The highest BCUT2D eigenvalue weighted by atomic mass is 32.1. The van der Waals surface area contributed by atoms with Crippen LogP contribution in [0.4, 0.5) is 5.69 Å². The van der Waals surface area contributed by atoms with Gasteiger partial charge in [-0.05, 0) is 49.2 Å². The Hall–Kier alpha value is -2.84. The molecule has 0 saturated heterocycles. The van der Waals surface area contributed by atoms with Gasteiger partial charge in [0.05, 0.1) is 0 Å².